The fraction of sp³-hybridized carbons (Fsp3) is 0.583. The molecule has 1 aliphatic heterocycles. The molecule has 2 heterocycles. The van der Waals surface area contributed by atoms with Gasteiger partial charge < -0.3 is 5.32 Å². The van der Waals surface area contributed by atoms with Crippen LogP contribution < -0.4 is 5.32 Å². The molecular formula is C12H16F3N3. The number of rotatable bonds is 3. The Bertz CT molecular complexity index is 361. The lowest BCUT2D eigenvalue weighted by Crippen LogP contribution is -2.46. The third kappa shape index (κ3) is 3.68. The molecule has 0 amide bonds. The molecule has 1 N–H and O–H groups in total. The first-order chi connectivity index (χ1) is 8.56. The van der Waals surface area contributed by atoms with Gasteiger partial charge >= 0.3 is 6.18 Å². The normalized spacial score (nSPS) is 19.7. The van der Waals surface area contributed by atoms with Crippen molar-refractivity contribution < 1.29 is 13.2 Å². The largest absolute Gasteiger partial charge is 0.391 e. The molecule has 1 aliphatic rings. The summed E-state index contributed by atoms with van der Waals surface area (Å²) in [6.45, 7) is 2.69. The molecule has 1 aromatic heterocycles. The summed E-state index contributed by atoms with van der Waals surface area (Å²) in [5, 5.41) is 3.14. The van der Waals surface area contributed by atoms with Gasteiger partial charge in [-0.3, -0.25) is 9.88 Å². The number of hydrogen-bond acceptors (Lipinski definition) is 3. The van der Waals surface area contributed by atoms with Crippen LogP contribution in [0.5, 0.6) is 0 Å². The molecule has 1 aromatic rings. The molecule has 0 bridgehead atoms. The first-order valence-electron chi connectivity index (χ1n) is 5.99. The molecule has 0 spiro atoms. The van der Waals surface area contributed by atoms with Crippen molar-refractivity contribution in [2.24, 2.45) is 0 Å². The van der Waals surface area contributed by atoms with E-state index >= 15 is 0 Å². The van der Waals surface area contributed by atoms with Crippen LogP contribution in [0.25, 0.3) is 0 Å². The highest BCUT2D eigenvalue weighted by molar-refractivity contribution is 5.09. The van der Waals surface area contributed by atoms with Crippen LogP contribution in [-0.4, -0.2) is 42.2 Å². The van der Waals surface area contributed by atoms with Gasteiger partial charge in [0.2, 0.25) is 0 Å². The summed E-state index contributed by atoms with van der Waals surface area (Å²) in [5.74, 6) is 0. The van der Waals surface area contributed by atoms with Crippen LogP contribution in [0.2, 0.25) is 0 Å². The quantitative estimate of drug-likeness (QED) is 0.899. The van der Waals surface area contributed by atoms with Crippen LogP contribution >= 0.6 is 0 Å². The molecule has 0 saturated carbocycles. The molecule has 3 nitrogen and oxygen atoms in total. The van der Waals surface area contributed by atoms with Gasteiger partial charge in [-0.1, -0.05) is 6.07 Å². The van der Waals surface area contributed by atoms with Crippen LogP contribution in [0.3, 0.4) is 0 Å². The molecule has 0 aliphatic carbocycles. The molecule has 1 saturated heterocycles. The van der Waals surface area contributed by atoms with Gasteiger partial charge in [0.25, 0.3) is 0 Å². The minimum absolute atomic E-state index is 0.497. The summed E-state index contributed by atoms with van der Waals surface area (Å²) < 4.78 is 38.0. The van der Waals surface area contributed by atoms with Gasteiger partial charge in [0, 0.05) is 32.4 Å². The number of hydrogen-bond donors (Lipinski definition) is 1. The number of piperazine rings is 1. The number of nitrogens with one attached hydrogen (secondary N) is 1. The zero-order valence-electron chi connectivity index (χ0n) is 9.95. The maximum atomic E-state index is 12.7. The molecule has 1 fully saturated rings. The number of aromatic nitrogens is 1. The number of alkyl halides is 3. The van der Waals surface area contributed by atoms with E-state index in [0.29, 0.717) is 18.8 Å². The van der Waals surface area contributed by atoms with Gasteiger partial charge in [-0.2, -0.15) is 13.2 Å². The first-order valence-corrected chi connectivity index (χ1v) is 5.99. The Labute approximate surface area is 104 Å². The molecule has 2 rings (SSSR count). The molecule has 100 valence electrons. The Morgan fingerprint density at radius 2 is 2.00 bits per heavy atom. The monoisotopic (exact) mass is 259 g/mol. The molecule has 6 heteroatoms. The van der Waals surface area contributed by atoms with Crippen LogP contribution in [0.1, 0.15) is 18.2 Å². The molecule has 0 aromatic carbocycles. The summed E-state index contributed by atoms with van der Waals surface area (Å²) in [6.07, 6.45) is -3.47. The van der Waals surface area contributed by atoms with Gasteiger partial charge in [0.15, 0.2) is 0 Å². The third-order valence-electron chi connectivity index (χ3n) is 3.05. The lowest BCUT2D eigenvalue weighted by Gasteiger charge is -2.35. The SMILES string of the molecule is FC(F)(F)C[C@@H](c1ccccn1)N1CCNCC1. The van der Waals surface area contributed by atoms with Crippen molar-refractivity contribution in [1.29, 1.82) is 0 Å². The van der Waals surface area contributed by atoms with E-state index in [0.717, 1.165) is 13.1 Å². The number of pyridine rings is 1. The van der Waals surface area contributed by atoms with Crippen LogP contribution in [-0.2, 0) is 0 Å². The van der Waals surface area contributed by atoms with E-state index in [1.165, 1.54) is 0 Å². The maximum Gasteiger partial charge on any atom is 0.391 e. The van der Waals surface area contributed by atoms with Crippen molar-refractivity contribution in [2.75, 3.05) is 26.2 Å². The zero-order chi connectivity index (χ0) is 13.0. The van der Waals surface area contributed by atoms with E-state index in [4.69, 9.17) is 0 Å². The second kappa shape index (κ2) is 5.67. The molecular weight excluding hydrogens is 243 g/mol. The van der Waals surface area contributed by atoms with Crippen LogP contribution in [0.4, 0.5) is 13.2 Å². The average molecular weight is 259 g/mol. The Hall–Kier alpha value is -1.14. The lowest BCUT2D eigenvalue weighted by molar-refractivity contribution is -0.149. The van der Waals surface area contributed by atoms with Crippen molar-refractivity contribution in [3.05, 3.63) is 30.1 Å². The second-order valence-electron chi connectivity index (χ2n) is 4.38. The Morgan fingerprint density at radius 3 is 2.56 bits per heavy atom. The highest BCUT2D eigenvalue weighted by Crippen LogP contribution is 2.32. The molecule has 0 unspecified atom stereocenters. The van der Waals surface area contributed by atoms with Crippen molar-refractivity contribution >= 4 is 0 Å². The van der Waals surface area contributed by atoms with E-state index in [-0.39, 0.29) is 0 Å². The summed E-state index contributed by atoms with van der Waals surface area (Å²) in [5.41, 5.74) is 0.497. The van der Waals surface area contributed by atoms with E-state index in [1.807, 2.05) is 4.90 Å². The van der Waals surface area contributed by atoms with Gasteiger partial charge in [-0.15, -0.1) is 0 Å². The highest BCUT2D eigenvalue weighted by atomic mass is 19.4. The predicted molar refractivity (Wildman–Crippen MR) is 62.1 cm³/mol. The van der Waals surface area contributed by atoms with Crippen molar-refractivity contribution in [3.63, 3.8) is 0 Å². The lowest BCUT2D eigenvalue weighted by atomic mass is 10.1. The fourth-order valence-electron chi connectivity index (χ4n) is 2.21. The van der Waals surface area contributed by atoms with E-state index in [9.17, 15) is 13.2 Å². The molecule has 0 radical (unpaired) electrons. The number of halogens is 3. The first kappa shape index (κ1) is 13.3. The smallest absolute Gasteiger partial charge is 0.314 e. The van der Waals surface area contributed by atoms with Crippen molar-refractivity contribution in [2.45, 2.75) is 18.6 Å². The van der Waals surface area contributed by atoms with Crippen LogP contribution in [0.15, 0.2) is 24.4 Å². The minimum Gasteiger partial charge on any atom is -0.314 e. The Kier molecular flexibility index (Phi) is 4.19. The average Bonchev–Trinajstić information content (AvgIpc) is 2.37. The van der Waals surface area contributed by atoms with E-state index < -0.39 is 18.6 Å². The van der Waals surface area contributed by atoms with E-state index in [1.54, 1.807) is 24.4 Å². The minimum atomic E-state index is -4.17. The van der Waals surface area contributed by atoms with Crippen LogP contribution in [0, 0.1) is 0 Å². The molecule has 18 heavy (non-hydrogen) atoms. The van der Waals surface area contributed by atoms with Crippen molar-refractivity contribution in [1.82, 2.24) is 15.2 Å². The topological polar surface area (TPSA) is 28.2 Å². The van der Waals surface area contributed by atoms with E-state index in [2.05, 4.69) is 10.3 Å². The zero-order valence-corrected chi connectivity index (χ0v) is 9.95. The summed E-state index contributed by atoms with van der Waals surface area (Å²) in [4.78, 5) is 5.93. The standard InChI is InChI=1S/C12H16F3N3/c13-12(14,15)9-11(10-3-1-2-4-17-10)18-7-5-16-6-8-18/h1-4,11,16H,5-9H2/t11-/m0/s1. The molecule has 1 atom stereocenters. The Morgan fingerprint density at radius 1 is 1.28 bits per heavy atom. The highest BCUT2D eigenvalue weighted by Gasteiger charge is 2.36. The summed E-state index contributed by atoms with van der Waals surface area (Å²) in [6, 6.07) is 4.44. The van der Waals surface area contributed by atoms with Gasteiger partial charge in [0.1, 0.15) is 0 Å². The maximum absolute atomic E-state index is 12.7. The van der Waals surface area contributed by atoms with Crippen molar-refractivity contribution in [3.8, 4) is 0 Å². The summed E-state index contributed by atoms with van der Waals surface area (Å²) in [7, 11) is 0. The predicted octanol–water partition coefficient (Wildman–Crippen LogP) is 1.98. The second-order valence-corrected chi connectivity index (χ2v) is 4.38. The van der Waals surface area contributed by atoms with Gasteiger partial charge in [-0.05, 0) is 12.1 Å². The number of nitrogens with zero attached hydrogens (tertiary/aromatic N) is 2. The summed E-state index contributed by atoms with van der Waals surface area (Å²) >= 11 is 0. The van der Waals surface area contributed by atoms with Gasteiger partial charge in [0.05, 0.1) is 18.2 Å². The third-order valence-corrected chi connectivity index (χ3v) is 3.05. The fourth-order valence-corrected chi connectivity index (χ4v) is 2.21. The Balaban J connectivity index is 2.17. The van der Waals surface area contributed by atoms with Gasteiger partial charge in [-0.25, -0.2) is 0 Å².